The van der Waals surface area contributed by atoms with Gasteiger partial charge in [0, 0.05) is 22.7 Å². The molecule has 0 aromatic heterocycles. The number of carbonyl (C=O) groups is 2. The summed E-state index contributed by atoms with van der Waals surface area (Å²) in [7, 11) is 0. The number of rotatable bonds is 0. The number of ketones is 1. The molecule has 0 aromatic rings. The zero-order valence-electron chi connectivity index (χ0n) is 16.8. The summed E-state index contributed by atoms with van der Waals surface area (Å²) in [6.07, 6.45) is 1.83. The zero-order chi connectivity index (χ0) is 21.0. The van der Waals surface area contributed by atoms with Crippen molar-refractivity contribution in [1.82, 2.24) is 0 Å². The molecule has 9 atom stereocenters. The lowest BCUT2D eigenvalue weighted by Crippen LogP contribution is -2.69. The van der Waals surface area contributed by atoms with Crippen molar-refractivity contribution in [3.63, 3.8) is 0 Å². The van der Waals surface area contributed by atoms with Crippen LogP contribution in [0.2, 0.25) is 0 Å². The second kappa shape index (κ2) is 5.72. The van der Waals surface area contributed by atoms with E-state index >= 15 is 8.78 Å². The number of fused-ring (bicyclic) bond motifs is 6. The lowest BCUT2D eigenvalue weighted by molar-refractivity contribution is -0.215. The van der Waals surface area contributed by atoms with Crippen LogP contribution in [0, 0.1) is 28.6 Å². The third-order valence-electron chi connectivity index (χ3n) is 8.74. The molecule has 5 rings (SSSR count). The fourth-order valence-corrected chi connectivity index (χ4v) is 8.89. The summed E-state index contributed by atoms with van der Waals surface area (Å²) in [6.45, 7) is 5.57. The van der Waals surface area contributed by atoms with Gasteiger partial charge in [0.15, 0.2) is 16.4 Å². The van der Waals surface area contributed by atoms with Gasteiger partial charge in [-0.3, -0.25) is 9.59 Å². The number of allylic oxidation sites excluding steroid dienone is 4. The van der Waals surface area contributed by atoms with E-state index in [1.807, 2.05) is 13.8 Å². The molecular weight excluding hydrogens is 398 g/mol. The molecule has 1 N–H and O–H groups in total. The quantitative estimate of drug-likeness (QED) is 0.603. The molecule has 5 aliphatic rings. The molecule has 0 amide bonds. The predicted molar refractivity (Wildman–Crippen MR) is 104 cm³/mol. The molecule has 0 aromatic carbocycles. The minimum Gasteiger partial charge on any atom is -0.446 e. The highest BCUT2D eigenvalue weighted by Crippen LogP contribution is 2.74. The molecular formula is C22H26F2O4S. The number of aliphatic hydroxyl groups is 1. The molecule has 3 saturated carbocycles. The minimum absolute atomic E-state index is 0.0187. The van der Waals surface area contributed by atoms with Gasteiger partial charge in [0.05, 0.1) is 11.9 Å². The van der Waals surface area contributed by atoms with Crippen molar-refractivity contribution in [2.24, 2.45) is 28.6 Å². The Hall–Kier alpha value is -1.21. The smallest absolute Gasteiger partial charge is 0.317 e. The number of esters is 1. The van der Waals surface area contributed by atoms with Crippen LogP contribution in [0.15, 0.2) is 23.8 Å². The number of aliphatic hydroxyl groups excluding tert-OH is 1. The summed E-state index contributed by atoms with van der Waals surface area (Å²) in [4.78, 5) is 23.1. The summed E-state index contributed by atoms with van der Waals surface area (Å²) >= 11 is 1.45. The second-order valence-electron chi connectivity index (χ2n) is 9.93. The number of halogens is 2. The van der Waals surface area contributed by atoms with Crippen LogP contribution in [-0.2, 0) is 14.3 Å². The van der Waals surface area contributed by atoms with Gasteiger partial charge in [0.25, 0.3) is 0 Å². The summed E-state index contributed by atoms with van der Waals surface area (Å²) in [5.41, 5.74) is -3.97. The standard InChI is InChI=1S/C22H26F2O4S/c1-11-6-13-14-8-16(23)15-7-12(25)4-5-19(15,2)21(14,24)17(26)9-20(13,3)22(11)28-18(27)10-29-22/h4-5,7,11,13-14,16-17,26H,6,8-10H2,1-3H3/t11-,13+,14+,16+,17+,19+,20+,21+,22?/m1/s1. The Balaban J connectivity index is 1.64. The van der Waals surface area contributed by atoms with Crippen LogP contribution < -0.4 is 0 Å². The first kappa shape index (κ1) is 19.7. The molecule has 1 unspecified atom stereocenters. The second-order valence-corrected chi connectivity index (χ2v) is 11.1. The summed E-state index contributed by atoms with van der Waals surface area (Å²) < 4.78 is 38.2. The van der Waals surface area contributed by atoms with E-state index in [1.165, 1.54) is 30.0 Å². The van der Waals surface area contributed by atoms with E-state index in [1.54, 1.807) is 6.92 Å². The van der Waals surface area contributed by atoms with Crippen molar-refractivity contribution < 1.29 is 28.2 Å². The van der Waals surface area contributed by atoms with Gasteiger partial charge in [-0.2, -0.15) is 0 Å². The molecule has 1 aliphatic heterocycles. The van der Waals surface area contributed by atoms with Gasteiger partial charge in [-0.05, 0) is 49.8 Å². The lowest BCUT2D eigenvalue weighted by atomic mass is 9.45. The van der Waals surface area contributed by atoms with Crippen LogP contribution in [0.25, 0.3) is 0 Å². The van der Waals surface area contributed by atoms with E-state index in [-0.39, 0.29) is 47.8 Å². The van der Waals surface area contributed by atoms with E-state index in [0.717, 1.165) is 0 Å². The van der Waals surface area contributed by atoms with Gasteiger partial charge >= 0.3 is 5.97 Å². The van der Waals surface area contributed by atoms with E-state index in [0.29, 0.717) is 6.42 Å². The third-order valence-corrected chi connectivity index (χ3v) is 10.5. The number of alkyl halides is 2. The third kappa shape index (κ3) is 2.09. The number of thioether (sulfide) groups is 1. The van der Waals surface area contributed by atoms with Crippen molar-refractivity contribution >= 4 is 23.5 Å². The van der Waals surface area contributed by atoms with Gasteiger partial charge in [-0.1, -0.05) is 19.9 Å². The normalized spacial score (nSPS) is 55.9. The Kier molecular flexibility index (Phi) is 3.90. The largest absolute Gasteiger partial charge is 0.446 e. The Morgan fingerprint density at radius 2 is 1.97 bits per heavy atom. The van der Waals surface area contributed by atoms with Crippen LogP contribution in [-0.4, -0.2) is 45.5 Å². The van der Waals surface area contributed by atoms with Crippen molar-refractivity contribution in [3.05, 3.63) is 23.8 Å². The maximum atomic E-state index is 17.0. The molecule has 0 radical (unpaired) electrons. The SMILES string of the molecule is C[C@@H]1C[C@H]2[C@@H]3C[C@H](F)C4=CC(=O)C=C[C@]4(C)[C@@]3(F)[C@@H](O)C[C@]2(C)C12OC(=O)CS2. The number of ether oxygens (including phenoxy) is 1. The fraction of sp³-hybridized carbons (Fsp3) is 0.727. The molecule has 1 saturated heterocycles. The maximum absolute atomic E-state index is 17.0. The molecule has 1 heterocycles. The number of hydrogen-bond acceptors (Lipinski definition) is 5. The molecule has 29 heavy (non-hydrogen) atoms. The van der Waals surface area contributed by atoms with E-state index in [2.05, 4.69) is 0 Å². The monoisotopic (exact) mass is 424 g/mol. The minimum atomic E-state index is -2.08. The van der Waals surface area contributed by atoms with Gasteiger partial charge in [0.2, 0.25) is 0 Å². The average Bonchev–Trinajstić information content (AvgIpc) is 3.14. The predicted octanol–water partition coefficient (Wildman–Crippen LogP) is 3.54. The number of carbonyl (C=O) groups excluding carboxylic acids is 2. The first-order chi connectivity index (χ1) is 13.5. The average molecular weight is 425 g/mol. The summed E-state index contributed by atoms with van der Waals surface area (Å²) in [5, 5.41) is 11.2. The summed E-state index contributed by atoms with van der Waals surface area (Å²) in [5.74, 6) is -1.36. The molecule has 0 bridgehead atoms. The van der Waals surface area contributed by atoms with Crippen LogP contribution in [0.4, 0.5) is 8.78 Å². The fourth-order valence-electron chi connectivity index (χ4n) is 7.41. The molecule has 158 valence electrons. The highest BCUT2D eigenvalue weighted by atomic mass is 32.2. The Labute approximate surface area is 173 Å². The van der Waals surface area contributed by atoms with Crippen LogP contribution in [0.1, 0.15) is 40.0 Å². The van der Waals surface area contributed by atoms with Crippen LogP contribution >= 0.6 is 11.8 Å². The molecule has 4 nitrogen and oxygen atoms in total. The Bertz CT molecular complexity index is 873. The first-order valence-corrected chi connectivity index (χ1v) is 11.3. The lowest BCUT2D eigenvalue weighted by Gasteiger charge is -2.63. The molecule has 4 aliphatic carbocycles. The van der Waals surface area contributed by atoms with E-state index < -0.39 is 39.6 Å². The van der Waals surface area contributed by atoms with Crippen LogP contribution in [0.5, 0.6) is 0 Å². The highest BCUT2D eigenvalue weighted by molar-refractivity contribution is 8.01. The van der Waals surface area contributed by atoms with E-state index in [9.17, 15) is 14.7 Å². The summed E-state index contributed by atoms with van der Waals surface area (Å²) in [6, 6.07) is 0. The van der Waals surface area contributed by atoms with Gasteiger partial charge in [0.1, 0.15) is 6.17 Å². The van der Waals surface area contributed by atoms with Crippen molar-refractivity contribution in [1.29, 1.82) is 0 Å². The van der Waals surface area contributed by atoms with Crippen LogP contribution in [0.3, 0.4) is 0 Å². The molecule has 1 spiro atoms. The van der Waals surface area contributed by atoms with Gasteiger partial charge < -0.3 is 9.84 Å². The maximum Gasteiger partial charge on any atom is 0.317 e. The number of hydrogen-bond donors (Lipinski definition) is 1. The molecule has 4 fully saturated rings. The Morgan fingerprint density at radius 3 is 2.62 bits per heavy atom. The van der Waals surface area contributed by atoms with Crippen molar-refractivity contribution in [2.45, 2.75) is 62.9 Å². The van der Waals surface area contributed by atoms with Crippen molar-refractivity contribution in [3.8, 4) is 0 Å². The first-order valence-electron chi connectivity index (χ1n) is 10.3. The van der Waals surface area contributed by atoms with Crippen molar-refractivity contribution in [2.75, 3.05) is 5.75 Å². The van der Waals surface area contributed by atoms with Gasteiger partial charge in [-0.15, -0.1) is 11.8 Å². The molecule has 7 heteroatoms. The topological polar surface area (TPSA) is 63.6 Å². The van der Waals surface area contributed by atoms with E-state index in [4.69, 9.17) is 4.74 Å². The zero-order valence-corrected chi connectivity index (χ0v) is 17.6. The van der Waals surface area contributed by atoms with Gasteiger partial charge in [-0.25, -0.2) is 8.78 Å². The highest BCUT2D eigenvalue weighted by Gasteiger charge is 2.77. The Morgan fingerprint density at radius 1 is 1.24 bits per heavy atom.